The molecule has 1 aliphatic heterocycles. The van der Waals surface area contributed by atoms with Crippen molar-refractivity contribution in [3.05, 3.63) is 60.3 Å². The van der Waals surface area contributed by atoms with Crippen LogP contribution in [0.5, 0.6) is 0 Å². The summed E-state index contributed by atoms with van der Waals surface area (Å²) in [7, 11) is -3.01. The molecule has 2 aromatic heterocycles. The molecule has 210 valence electrons. The van der Waals surface area contributed by atoms with Gasteiger partial charge in [0, 0.05) is 55.0 Å². The van der Waals surface area contributed by atoms with Crippen molar-refractivity contribution in [1.82, 2.24) is 14.8 Å². The van der Waals surface area contributed by atoms with Gasteiger partial charge in [0.1, 0.15) is 12.0 Å². The van der Waals surface area contributed by atoms with Crippen molar-refractivity contribution in [1.29, 1.82) is 5.26 Å². The maximum atomic E-state index is 14.7. The van der Waals surface area contributed by atoms with Crippen molar-refractivity contribution < 1.29 is 22.0 Å². The number of rotatable bonds is 7. The Morgan fingerprint density at radius 2 is 1.90 bits per heavy atom. The number of halogens is 2. The average Bonchev–Trinajstić information content (AvgIpc) is 3.38. The number of sulfone groups is 1. The second kappa shape index (κ2) is 11.5. The Bertz CT molecular complexity index is 1520. The van der Waals surface area contributed by atoms with Crippen LogP contribution in [0.15, 0.2) is 48.8 Å². The lowest BCUT2D eigenvalue weighted by molar-refractivity contribution is -0.125. The van der Waals surface area contributed by atoms with E-state index in [0.717, 1.165) is 11.3 Å². The molecule has 1 aromatic carbocycles. The summed E-state index contributed by atoms with van der Waals surface area (Å²) in [4.78, 5) is 19.4. The first-order valence-electron chi connectivity index (χ1n) is 13.5. The van der Waals surface area contributed by atoms with Crippen molar-refractivity contribution in [3.63, 3.8) is 0 Å². The first-order valence-corrected chi connectivity index (χ1v) is 15.3. The van der Waals surface area contributed by atoms with Crippen LogP contribution in [-0.4, -0.2) is 59.7 Å². The van der Waals surface area contributed by atoms with E-state index in [1.54, 1.807) is 13.1 Å². The van der Waals surface area contributed by atoms with Crippen molar-refractivity contribution >= 4 is 21.3 Å². The monoisotopic (exact) mass is 567 g/mol. The fraction of sp³-hybridized carbons (Fsp3) is 0.448. The molecule has 1 saturated carbocycles. The standard InChI is InChI=1S/C29H31F2N5O3S/c1-19(17-32)15-27(37)24-16-21(30)6-9-23(24)28-25(18-36(34-28)29-26(31)3-2-10-33-29)20-4-7-22(8-5-20)35-11-13-40(38,39)14-12-35/h2-5,7-8,10,18-19,21,23-24H,6,9,11-16H2,1H3/t19-,21+,23-,24-/m1/s1. The molecule has 2 fully saturated rings. The minimum Gasteiger partial charge on any atom is -0.369 e. The van der Waals surface area contributed by atoms with Gasteiger partial charge in [-0.15, -0.1) is 0 Å². The molecular weight excluding hydrogens is 536 g/mol. The fourth-order valence-corrected chi connectivity index (χ4v) is 6.86. The lowest BCUT2D eigenvalue weighted by Gasteiger charge is -2.32. The zero-order chi connectivity index (χ0) is 28.4. The summed E-state index contributed by atoms with van der Waals surface area (Å²) in [5.74, 6) is -2.02. The molecule has 3 heterocycles. The van der Waals surface area contributed by atoms with Crippen LogP contribution in [0, 0.1) is 29.0 Å². The third kappa shape index (κ3) is 5.92. The van der Waals surface area contributed by atoms with E-state index in [9.17, 15) is 27.3 Å². The van der Waals surface area contributed by atoms with Gasteiger partial charge in [0.2, 0.25) is 0 Å². The van der Waals surface area contributed by atoms with Gasteiger partial charge in [-0.2, -0.15) is 10.4 Å². The molecule has 2 aliphatic rings. The second-order valence-corrected chi connectivity index (χ2v) is 13.0. The number of nitrogens with zero attached hydrogens (tertiary/aromatic N) is 5. The number of carbonyl (C=O) groups excluding carboxylic acids is 1. The SMILES string of the molecule is C[C@@H](C#N)CC(=O)[C@@H]1C[C@@H](F)CC[C@H]1c1nn(-c2ncccc2F)cc1-c1ccc(N2CCS(=O)(=O)CC2)cc1. The van der Waals surface area contributed by atoms with Crippen molar-refractivity contribution in [2.75, 3.05) is 29.5 Å². The Hall–Kier alpha value is -3.65. The van der Waals surface area contributed by atoms with Crippen LogP contribution in [-0.2, 0) is 14.6 Å². The smallest absolute Gasteiger partial charge is 0.189 e. The van der Waals surface area contributed by atoms with Crippen LogP contribution in [0.25, 0.3) is 16.9 Å². The highest BCUT2D eigenvalue weighted by Gasteiger charge is 2.39. The molecule has 0 unspecified atom stereocenters. The van der Waals surface area contributed by atoms with E-state index in [1.165, 1.54) is 23.0 Å². The van der Waals surface area contributed by atoms with Gasteiger partial charge in [-0.3, -0.25) is 4.79 Å². The summed E-state index contributed by atoms with van der Waals surface area (Å²) >= 11 is 0. The van der Waals surface area contributed by atoms with Gasteiger partial charge >= 0.3 is 0 Å². The Labute approximate surface area is 232 Å². The van der Waals surface area contributed by atoms with Crippen LogP contribution in [0.3, 0.4) is 0 Å². The van der Waals surface area contributed by atoms with Crippen molar-refractivity contribution in [3.8, 4) is 23.0 Å². The number of benzene rings is 1. The Morgan fingerprint density at radius 1 is 1.18 bits per heavy atom. The molecule has 3 aromatic rings. The number of hydrogen-bond acceptors (Lipinski definition) is 7. The third-order valence-electron chi connectivity index (χ3n) is 7.87. The lowest BCUT2D eigenvalue weighted by Crippen LogP contribution is -2.40. The summed E-state index contributed by atoms with van der Waals surface area (Å²) in [6, 6.07) is 12.5. The topological polar surface area (TPSA) is 109 Å². The molecular formula is C29H31F2N5O3S. The van der Waals surface area contributed by atoms with E-state index in [-0.39, 0.29) is 42.4 Å². The summed E-state index contributed by atoms with van der Waals surface area (Å²) in [6.07, 6.45) is 2.81. The number of ketones is 1. The van der Waals surface area contributed by atoms with E-state index in [0.29, 0.717) is 30.8 Å². The molecule has 1 aliphatic carbocycles. The van der Waals surface area contributed by atoms with Gasteiger partial charge in [-0.25, -0.2) is 26.9 Å². The number of pyridine rings is 1. The highest BCUT2D eigenvalue weighted by atomic mass is 32.2. The number of carbonyl (C=O) groups is 1. The fourth-order valence-electron chi connectivity index (χ4n) is 5.66. The molecule has 0 N–H and O–H groups in total. The summed E-state index contributed by atoms with van der Waals surface area (Å²) in [6.45, 7) is 2.51. The third-order valence-corrected chi connectivity index (χ3v) is 9.47. The normalized spacial score (nSPS) is 23.4. The summed E-state index contributed by atoms with van der Waals surface area (Å²) in [5, 5.41) is 14.0. The molecule has 0 radical (unpaired) electrons. The molecule has 40 heavy (non-hydrogen) atoms. The predicted octanol–water partition coefficient (Wildman–Crippen LogP) is 4.65. The number of hydrogen-bond donors (Lipinski definition) is 0. The zero-order valence-electron chi connectivity index (χ0n) is 22.2. The molecule has 0 amide bonds. The first kappa shape index (κ1) is 27.9. The molecule has 0 spiro atoms. The highest BCUT2D eigenvalue weighted by molar-refractivity contribution is 7.91. The largest absolute Gasteiger partial charge is 0.369 e. The van der Waals surface area contributed by atoms with Crippen LogP contribution >= 0.6 is 0 Å². The van der Waals surface area contributed by atoms with Gasteiger partial charge in [0.25, 0.3) is 0 Å². The number of nitriles is 1. The van der Waals surface area contributed by atoms with Crippen molar-refractivity contribution in [2.24, 2.45) is 11.8 Å². The first-order chi connectivity index (χ1) is 19.1. The van der Waals surface area contributed by atoms with Gasteiger partial charge < -0.3 is 4.90 Å². The number of Topliss-reactive ketones (excluding diaryl/α,β-unsaturated/α-hetero) is 1. The predicted molar refractivity (Wildman–Crippen MR) is 147 cm³/mol. The van der Waals surface area contributed by atoms with E-state index in [1.807, 2.05) is 29.2 Å². The number of alkyl halides is 1. The van der Waals surface area contributed by atoms with Gasteiger partial charge in [0.15, 0.2) is 21.5 Å². The molecule has 1 saturated heterocycles. The average molecular weight is 568 g/mol. The lowest BCUT2D eigenvalue weighted by atomic mass is 9.72. The zero-order valence-corrected chi connectivity index (χ0v) is 23.0. The maximum Gasteiger partial charge on any atom is 0.189 e. The minimum atomic E-state index is -3.01. The van der Waals surface area contributed by atoms with Crippen LogP contribution in [0.2, 0.25) is 0 Å². The van der Waals surface area contributed by atoms with E-state index in [4.69, 9.17) is 5.10 Å². The highest BCUT2D eigenvalue weighted by Crippen LogP contribution is 2.43. The van der Waals surface area contributed by atoms with Crippen LogP contribution in [0.1, 0.15) is 44.2 Å². The second-order valence-electron chi connectivity index (χ2n) is 10.7. The quantitative estimate of drug-likeness (QED) is 0.409. The summed E-state index contributed by atoms with van der Waals surface area (Å²) in [5.41, 5.74) is 2.92. The van der Waals surface area contributed by atoms with Gasteiger partial charge in [-0.1, -0.05) is 12.1 Å². The molecule has 0 bridgehead atoms. The Balaban J connectivity index is 1.53. The molecule has 4 atom stereocenters. The molecule has 11 heteroatoms. The van der Waals surface area contributed by atoms with E-state index in [2.05, 4.69) is 11.1 Å². The van der Waals surface area contributed by atoms with Gasteiger partial charge in [0.05, 0.1) is 29.2 Å². The molecule has 8 nitrogen and oxygen atoms in total. The molecule has 5 rings (SSSR count). The van der Waals surface area contributed by atoms with Crippen LogP contribution < -0.4 is 4.90 Å². The van der Waals surface area contributed by atoms with Crippen molar-refractivity contribution in [2.45, 2.75) is 44.7 Å². The number of anilines is 1. The minimum absolute atomic E-state index is 0.0151. The maximum absolute atomic E-state index is 14.7. The van der Waals surface area contributed by atoms with E-state index >= 15 is 0 Å². The van der Waals surface area contributed by atoms with Gasteiger partial charge in [-0.05, 0) is 56.0 Å². The summed E-state index contributed by atoms with van der Waals surface area (Å²) < 4.78 is 54.3. The number of aromatic nitrogens is 3. The Morgan fingerprint density at radius 3 is 2.58 bits per heavy atom. The Kier molecular flexibility index (Phi) is 7.99. The van der Waals surface area contributed by atoms with Crippen LogP contribution in [0.4, 0.5) is 14.5 Å². The van der Waals surface area contributed by atoms with E-state index < -0.39 is 39.6 Å².